The lowest BCUT2D eigenvalue weighted by Crippen LogP contribution is -2.32. The van der Waals surface area contributed by atoms with Crippen LogP contribution < -0.4 is 10.6 Å². The molecule has 0 aliphatic heterocycles. The summed E-state index contributed by atoms with van der Waals surface area (Å²) in [6, 6.07) is 16.1. The predicted molar refractivity (Wildman–Crippen MR) is 112 cm³/mol. The SMILES string of the molecule is CCOC(=O)c1ccc(NC(=O)C2CCC(C(=O)Nc3ccccc3)CC2)cc1. The zero-order chi connectivity index (χ0) is 20.6. The molecule has 2 amide bonds. The summed E-state index contributed by atoms with van der Waals surface area (Å²) in [5.74, 6) is -0.582. The number of para-hydroxylation sites is 1. The number of rotatable bonds is 6. The maximum Gasteiger partial charge on any atom is 0.338 e. The van der Waals surface area contributed by atoms with E-state index in [9.17, 15) is 14.4 Å². The lowest BCUT2D eigenvalue weighted by atomic mass is 9.81. The van der Waals surface area contributed by atoms with Crippen molar-refractivity contribution in [3.63, 3.8) is 0 Å². The molecule has 6 nitrogen and oxygen atoms in total. The van der Waals surface area contributed by atoms with Gasteiger partial charge in [0.1, 0.15) is 0 Å². The summed E-state index contributed by atoms with van der Waals surface area (Å²) in [6.45, 7) is 2.08. The van der Waals surface area contributed by atoms with Gasteiger partial charge in [0.25, 0.3) is 0 Å². The molecule has 2 N–H and O–H groups in total. The number of hydrogen-bond donors (Lipinski definition) is 2. The van der Waals surface area contributed by atoms with Crippen LogP contribution in [-0.4, -0.2) is 24.4 Å². The molecule has 1 aliphatic carbocycles. The fourth-order valence-corrected chi connectivity index (χ4v) is 3.53. The van der Waals surface area contributed by atoms with Gasteiger partial charge in [-0.05, 0) is 69.0 Å². The standard InChI is InChI=1S/C23H26N2O4/c1-2-29-23(28)18-12-14-20(15-13-18)25-22(27)17-10-8-16(9-11-17)21(26)24-19-6-4-3-5-7-19/h3-7,12-17H,2,8-11H2,1H3,(H,24,26)(H,25,27). The number of amides is 2. The van der Waals surface area contributed by atoms with E-state index >= 15 is 0 Å². The zero-order valence-corrected chi connectivity index (χ0v) is 16.5. The highest BCUT2D eigenvalue weighted by molar-refractivity contribution is 5.95. The topological polar surface area (TPSA) is 84.5 Å². The van der Waals surface area contributed by atoms with Crippen LogP contribution in [0.1, 0.15) is 43.0 Å². The van der Waals surface area contributed by atoms with E-state index in [0.29, 0.717) is 43.5 Å². The van der Waals surface area contributed by atoms with Gasteiger partial charge in [0, 0.05) is 23.2 Å². The molecular weight excluding hydrogens is 368 g/mol. The minimum Gasteiger partial charge on any atom is -0.462 e. The summed E-state index contributed by atoms with van der Waals surface area (Å²) >= 11 is 0. The van der Waals surface area contributed by atoms with Gasteiger partial charge in [-0.1, -0.05) is 18.2 Å². The minimum atomic E-state index is -0.377. The molecule has 0 heterocycles. The highest BCUT2D eigenvalue weighted by atomic mass is 16.5. The molecule has 6 heteroatoms. The Kier molecular flexibility index (Phi) is 7.00. The maximum absolute atomic E-state index is 12.6. The fourth-order valence-electron chi connectivity index (χ4n) is 3.53. The largest absolute Gasteiger partial charge is 0.462 e. The van der Waals surface area contributed by atoms with Gasteiger partial charge in [0.05, 0.1) is 12.2 Å². The van der Waals surface area contributed by atoms with Crippen molar-refractivity contribution < 1.29 is 19.1 Å². The molecule has 1 fully saturated rings. The number of esters is 1. The Hall–Kier alpha value is -3.15. The van der Waals surface area contributed by atoms with Crippen LogP contribution >= 0.6 is 0 Å². The first-order valence-electron chi connectivity index (χ1n) is 10.0. The van der Waals surface area contributed by atoms with E-state index in [1.54, 1.807) is 31.2 Å². The summed E-state index contributed by atoms with van der Waals surface area (Å²) in [4.78, 5) is 36.7. The van der Waals surface area contributed by atoms with Crippen LogP contribution in [0.25, 0.3) is 0 Å². The molecule has 2 aromatic rings. The van der Waals surface area contributed by atoms with Gasteiger partial charge in [-0.15, -0.1) is 0 Å². The molecule has 1 saturated carbocycles. The number of carbonyl (C=O) groups is 3. The van der Waals surface area contributed by atoms with Crippen LogP contribution in [0.4, 0.5) is 11.4 Å². The number of carbonyl (C=O) groups excluding carboxylic acids is 3. The molecule has 0 saturated heterocycles. The average Bonchev–Trinajstić information content (AvgIpc) is 2.75. The summed E-state index contributed by atoms with van der Waals surface area (Å²) in [5.41, 5.74) is 1.89. The number of hydrogen-bond acceptors (Lipinski definition) is 4. The van der Waals surface area contributed by atoms with Crippen molar-refractivity contribution >= 4 is 29.2 Å². The molecule has 0 spiro atoms. The highest BCUT2D eigenvalue weighted by Crippen LogP contribution is 2.30. The summed E-state index contributed by atoms with van der Waals surface area (Å²) in [5, 5.41) is 5.84. The van der Waals surface area contributed by atoms with Crippen LogP contribution in [0, 0.1) is 11.8 Å². The Morgan fingerprint density at radius 2 is 1.28 bits per heavy atom. The van der Waals surface area contributed by atoms with Crippen LogP contribution in [0.5, 0.6) is 0 Å². The van der Waals surface area contributed by atoms with Gasteiger partial charge in [-0.2, -0.15) is 0 Å². The zero-order valence-electron chi connectivity index (χ0n) is 16.5. The van der Waals surface area contributed by atoms with Crippen molar-refractivity contribution in [2.24, 2.45) is 11.8 Å². The summed E-state index contributed by atoms with van der Waals surface area (Å²) in [7, 11) is 0. The first kappa shape index (κ1) is 20.6. The second-order valence-electron chi connectivity index (χ2n) is 7.19. The first-order chi connectivity index (χ1) is 14.1. The van der Waals surface area contributed by atoms with E-state index in [-0.39, 0.29) is 29.6 Å². The van der Waals surface area contributed by atoms with Crippen LogP contribution in [0.2, 0.25) is 0 Å². The Balaban J connectivity index is 1.47. The number of nitrogens with one attached hydrogen (secondary N) is 2. The Bertz CT molecular complexity index is 841. The third-order valence-corrected chi connectivity index (χ3v) is 5.17. The van der Waals surface area contributed by atoms with Crippen molar-refractivity contribution in [2.75, 3.05) is 17.2 Å². The summed E-state index contributed by atoms with van der Waals surface area (Å²) < 4.78 is 4.95. The van der Waals surface area contributed by atoms with E-state index in [1.165, 1.54) is 0 Å². The Morgan fingerprint density at radius 3 is 1.76 bits per heavy atom. The summed E-state index contributed by atoms with van der Waals surface area (Å²) in [6.07, 6.45) is 2.75. The van der Waals surface area contributed by atoms with Gasteiger partial charge in [0.2, 0.25) is 11.8 Å². The van der Waals surface area contributed by atoms with E-state index < -0.39 is 0 Å². The molecular formula is C23H26N2O4. The maximum atomic E-state index is 12.6. The quantitative estimate of drug-likeness (QED) is 0.718. The van der Waals surface area contributed by atoms with Crippen LogP contribution in [-0.2, 0) is 14.3 Å². The smallest absolute Gasteiger partial charge is 0.338 e. The van der Waals surface area contributed by atoms with Crippen molar-refractivity contribution in [3.05, 3.63) is 60.2 Å². The van der Waals surface area contributed by atoms with Crippen molar-refractivity contribution in [2.45, 2.75) is 32.6 Å². The third kappa shape index (κ3) is 5.67. The van der Waals surface area contributed by atoms with E-state index in [0.717, 1.165) is 5.69 Å². The predicted octanol–water partition coefficient (Wildman–Crippen LogP) is 4.25. The molecule has 0 atom stereocenters. The van der Waals surface area contributed by atoms with Gasteiger partial charge >= 0.3 is 5.97 Å². The molecule has 0 radical (unpaired) electrons. The molecule has 0 unspecified atom stereocenters. The van der Waals surface area contributed by atoms with Crippen LogP contribution in [0.15, 0.2) is 54.6 Å². The normalized spacial score (nSPS) is 18.5. The van der Waals surface area contributed by atoms with Gasteiger partial charge in [0.15, 0.2) is 0 Å². The van der Waals surface area contributed by atoms with Crippen LogP contribution in [0.3, 0.4) is 0 Å². The molecule has 3 rings (SSSR count). The lowest BCUT2D eigenvalue weighted by molar-refractivity contribution is -0.125. The molecule has 152 valence electrons. The molecule has 0 aromatic heterocycles. The molecule has 2 aromatic carbocycles. The highest BCUT2D eigenvalue weighted by Gasteiger charge is 2.30. The van der Waals surface area contributed by atoms with Gasteiger partial charge in [-0.25, -0.2) is 4.79 Å². The van der Waals surface area contributed by atoms with Gasteiger partial charge in [-0.3, -0.25) is 9.59 Å². The molecule has 0 bridgehead atoms. The molecule has 29 heavy (non-hydrogen) atoms. The lowest BCUT2D eigenvalue weighted by Gasteiger charge is -2.27. The van der Waals surface area contributed by atoms with Crippen molar-refractivity contribution in [3.8, 4) is 0 Å². The van der Waals surface area contributed by atoms with E-state index in [4.69, 9.17) is 4.74 Å². The first-order valence-corrected chi connectivity index (χ1v) is 10.0. The Labute approximate surface area is 170 Å². The third-order valence-electron chi connectivity index (χ3n) is 5.17. The fraction of sp³-hybridized carbons (Fsp3) is 0.348. The number of ether oxygens (including phenoxy) is 1. The molecule has 1 aliphatic rings. The average molecular weight is 394 g/mol. The van der Waals surface area contributed by atoms with Gasteiger partial charge < -0.3 is 15.4 Å². The number of anilines is 2. The van der Waals surface area contributed by atoms with E-state index in [1.807, 2.05) is 30.3 Å². The number of benzene rings is 2. The Morgan fingerprint density at radius 1 is 0.793 bits per heavy atom. The second kappa shape index (κ2) is 9.87. The van der Waals surface area contributed by atoms with Crippen molar-refractivity contribution in [1.29, 1.82) is 0 Å². The monoisotopic (exact) mass is 394 g/mol. The van der Waals surface area contributed by atoms with E-state index in [2.05, 4.69) is 10.6 Å². The van der Waals surface area contributed by atoms with Crippen molar-refractivity contribution in [1.82, 2.24) is 0 Å². The second-order valence-corrected chi connectivity index (χ2v) is 7.19. The minimum absolute atomic E-state index is 0.0182.